The van der Waals surface area contributed by atoms with Crippen LogP contribution in [-0.2, 0) is 4.79 Å². The molecule has 2 N–H and O–H groups in total. The second-order valence-electron chi connectivity index (χ2n) is 5.91. The van der Waals surface area contributed by atoms with Gasteiger partial charge in [0.1, 0.15) is 0 Å². The molecule has 0 radical (unpaired) electrons. The normalized spacial score (nSPS) is 10.5. The highest BCUT2D eigenvalue weighted by molar-refractivity contribution is 7.99. The van der Waals surface area contributed by atoms with Gasteiger partial charge in [0.15, 0.2) is 0 Å². The molecule has 3 rings (SSSR count). The number of hydrazine groups is 1. The first kappa shape index (κ1) is 19.8. The van der Waals surface area contributed by atoms with Gasteiger partial charge in [0.25, 0.3) is 5.91 Å². The van der Waals surface area contributed by atoms with Crippen molar-refractivity contribution in [2.24, 2.45) is 0 Å². The monoisotopic (exact) mass is 416 g/mol. The minimum absolute atomic E-state index is 0.0339. The van der Waals surface area contributed by atoms with Crippen LogP contribution in [0.1, 0.15) is 21.5 Å². The molecule has 3 aromatic rings. The van der Waals surface area contributed by atoms with Crippen LogP contribution in [-0.4, -0.2) is 37.8 Å². The molecule has 0 aliphatic heterocycles. The molecule has 2 aromatic carbocycles. The average molecular weight is 417 g/mol. The molecule has 0 bridgehead atoms. The number of hydrogen-bond acceptors (Lipinski definition) is 6. The van der Waals surface area contributed by atoms with Crippen LogP contribution in [0, 0.1) is 13.8 Å². The molecule has 2 amide bonds. The number of aromatic nitrogens is 4. The average Bonchev–Trinajstić information content (AvgIpc) is 3.13. The van der Waals surface area contributed by atoms with Crippen LogP contribution in [0.15, 0.2) is 47.6 Å². The zero-order valence-electron chi connectivity index (χ0n) is 15.1. The Morgan fingerprint density at radius 3 is 2.43 bits per heavy atom. The van der Waals surface area contributed by atoms with Crippen LogP contribution in [0.25, 0.3) is 5.69 Å². The van der Waals surface area contributed by atoms with Gasteiger partial charge >= 0.3 is 0 Å². The predicted molar refractivity (Wildman–Crippen MR) is 106 cm³/mol. The number of carbonyl (C=O) groups is 2. The van der Waals surface area contributed by atoms with E-state index in [1.807, 2.05) is 32.0 Å². The van der Waals surface area contributed by atoms with E-state index in [-0.39, 0.29) is 11.7 Å². The number of aryl methyl sites for hydroxylation is 2. The molecular formula is C18H17ClN6O2S. The second-order valence-corrected chi connectivity index (χ2v) is 7.29. The van der Waals surface area contributed by atoms with Crippen LogP contribution < -0.4 is 10.9 Å². The molecular weight excluding hydrogens is 400 g/mol. The maximum absolute atomic E-state index is 12.1. The SMILES string of the molecule is Cc1cccc(C)c1-n1nnnc1SCC(=O)NNC(=O)c1ccc(Cl)cc1. The van der Waals surface area contributed by atoms with Gasteiger partial charge in [0, 0.05) is 10.6 Å². The molecule has 0 spiro atoms. The lowest BCUT2D eigenvalue weighted by Crippen LogP contribution is -2.42. The van der Waals surface area contributed by atoms with Crippen molar-refractivity contribution in [1.29, 1.82) is 0 Å². The Morgan fingerprint density at radius 2 is 1.75 bits per heavy atom. The summed E-state index contributed by atoms with van der Waals surface area (Å²) in [4.78, 5) is 24.1. The largest absolute Gasteiger partial charge is 0.272 e. The van der Waals surface area contributed by atoms with Crippen molar-refractivity contribution in [3.8, 4) is 5.69 Å². The maximum Gasteiger partial charge on any atom is 0.269 e. The van der Waals surface area contributed by atoms with Crippen molar-refractivity contribution in [3.63, 3.8) is 0 Å². The van der Waals surface area contributed by atoms with Crippen molar-refractivity contribution in [2.45, 2.75) is 19.0 Å². The van der Waals surface area contributed by atoms with E-state index in [1.54, 1.807) is 28.9 Å². The van der Waals surface area contributed by atoms with E-state index in [1.165, 1.54) is 11.8 Å². The summed E-state index contributed by atoms with van der Waals surface area (Å²) < 4.78 is 1.61. The van der Waals surface area contributed by atoms with Crippen LogP contribution in [0.2, 0.25) is 5.02 Å². The summed E-state index contributed by atoms with van der Waals surface area (Å²) in [6, 6.07) is 12.2. The lowest BCUT2D eigenvalue weighted by atomic mass is 10.1. The summed E-state index contributed by atoms with van der Waals surface area (Å²) in [6.45, 7) is 3.94. The van der Waals surface area contributed by atoms with Crippen molar-refractivity contribution in [1.82, 2.24) is 31.1 Å². The first-order chi connectivity index (χ1) is 13.5. The Kier molecular flexibility index (Phi) is 6.27. The first-order valence-electron chi connectivity index (χ1n) is 8.28. The molecule has 1 heterocycles. The molecule has 0 saturated heterocycles. The Bertz CT molecular complexity index is 985. The number of nitrogens with zero attached hydrogens (tertiary/aromatic N) is 4. The molecule has 0 saturated carbocycles. The molecule has 8 nitrogen and oxygen atoms in total. The van der Waals surface area contributed by atoms with Gasteiger partial charge in [-0.3, -0.25) is 20.4 Å². The minimum atomic E-state index is -0.435. The Balaban J connectivity index is 1.58. The van der Waals surface area contributed by atoms with Crippen LogP contribution in [0.3, 0.4) is 0 Å². The van der Waals surface area contributed by atoms with Gasteiger partial charge in [-0.1, -0.05) is 41.6 Å². The van der Waals surface area contributed by atoms with E-state index in [2.05, 4.69) is 26.4 Å². The zero-order valence-corrected chi connectivity index (χ0v) is 16.7. The number of tetrazole rings is 1. The summed E-state index contributed by atoms with van der Waals surface area (Å²) in [5.41, 5.74) is 8.04. The Morgan fingerprint density at radius 1 is 1.07 bits per heavy atom. The molecule has 0 unspecified atom stereocenters. The third-order valence-electron chi connectivity index (χ3n) is 3.85. The zero-order chi connectivity index (χ0) is 20.1. The molecule has 28 heavy (non-hydrogen) atoms. The number of benzene rings is 2. The highest BCUT2D eigenvalue weighted by Crippen LogP contribution is 2.23. The van der Waals surface area contributed by atoms with Crippen molar-refractivity contribution in [3.05, 3.63) is 64.2 Å². The van der Waals surface area contributed by atoms with Crippen LogP contribution in [0.5, 0.6) is 0 Å². The third-order valence-corrected chi connectivity index (χ3v) is 5.02. The van der Waals surface area contributed by atoms with Gasteiger partial charge in [-0.05, 0) is 59.7 Å². The minimum Gasteiger partial charge on any atom is -0.272 e. The first-order valence-corrected chi connectivity index (χ1v) is 9.64. The second kappa shape index (κ2) is 8.85. The number of rotatable bonds is 5. The number of thioether (sulfide) groups is 1. The Hall–Kier alpha value is -2.91. The summed E-state index contributed by atoms with van der Waals surface area (Å²) in [5.74, 6) is -0.787. The fraction of sp³-hybridized carbons (Fsp3) is 0.167. The number of para-hydroxylation sites is 1. The van der Waals surface area contributed by atoms with Gasteiger partial charge in [-0.2, -0.15) is 4.68 Å². The highest BCUT2D eigenvalue weighted by Gasteiger charge is 2.15. The van der Waals surface area contributed by atoms with Gasteiger partial charge in [0.05, 0.1) is 11.4 Å². The van der Waals surface area contributed by atoms with Crippen molar-refractivity contribution in [2.75, 3.05) is 5.75 Å². The van der Waals surface area contributed by atoms with Crippen LogP contribution in [0.4, 0.5) is 0 Å². The van der Waals surface area contributed by atoms with Gasteiger partial charge < -0.3 is 0 Å². The number of amides is 2. The number of halogens is 1. The molecule has 0 fully saturated rings. The molecule has 0 atom stereocenters. The molecule has 0 aliphatic carbocycles. The number of nitrogens with one attached hydrogen (secondary N) is 2. The lowest BCUT2D eigenvalue weighted by Gasteiger charge is -2.10. The van der Waals surface area contributed by atoms with Crippen LogP contribution >= 0.6 is 23.4 Å². The van der Waals surface area contributed by atoms with Crippen molar-refractivity contribution < 1.29 is 9.59 Å². The fourth-order valence-corrected chi connectivity index (χ4v) is 3.32. The topological polar surface area (TPSA) is 102 Å². The van der Waals surface area contributed by atoms with E-state index < -0.39 is 5.91 Å². The number of carbonyl (C=O) groups excluding carboxylic acids is 2. The molecule has 0 aliphatic rings. The smallest absolute Gasteiger partial charge is 0.269 e. The van der Waals surface area contributed by atoms with E-state index in [0.717, 1.165) is 16.8 Å². The molecule has 144 valence electrons. The van der Waals surface area contributed by atoms with Crippen molar-refractivity contribution >= 4 is 35.2 Å². The van der Waals surface area contributed by atoms with E-state index >= 15 is 0 Å². The molecule has 1 aromatic heterocycles. The van der Waals surface area contributed by atoms with E-state index in [0.29, 0.717) is 15.7 Å². The Labute approximate surface area is 170 Å². The quantitative estimate of drug-likeness (QED) is 0.489. The lowest BCUT2D eigenvalue weighted by molar-refractivity contribution is -0.119. The summed E-state index contributed by atoms with van der Waals surface area (Å²) in [5, 5.41) is 12.7. The highest BCUT2D eigenvalue weighted by atomic mass is 35.5. The fourth-order valence-electron chi connectivity index (χ4n) is 2.52. The summed E-state index contributed by atoms with van der Waals surface area (Å²) in [7, 11) is 0. The van der Waals surface area contributed by atoms with Gasteiger partial charge in [-0.25, -0.2) is 0 Å². The van der Waals surface area contributed by atoms with Gasteiger partial charge in [0.2, 0.25) is 11.1 Å². The van der Waals surface area contributed by atoms with E-state index in [9.17, 15) is 9.59 Å². The maximum atomic E-state index is 12.1. The number of hydrogen-bond donors (Lipinski definition) is 2. The van der Waals surface area contributed by atoms with E-state index in [4.69, 9.17) is 11.6 Å². The predicted octanol–water partition coefficient (Wildman–Crippen LogP) is 2.49. The molecule has 10 heteroatoms. The third kappa shape index (κ3) is 4.68. The van der Waals surface area contributed by atoms with Gasteiger partial charge in [-0.15, -0.1) is 5.10 Å². The summed E-state index contributed by atoms with van der Waals surface area (Å²) in [6.07, 6.45) is 0. The standard InChI is InChI=1S/C18H17ClN6O2S/c1-11-4-3-5-12(2)16(11)25-18(22-23-24-25)28-10-15(26)20-21-17(27)13-6-8-14(19)9-7-13/h3-9H,10H2,1-2H3,(H,20,26)(H,21,27). The summed E-state index contributed by atoms with van der Waals surface area (Å²) >= 11 is 6.96.